The Kier molecular flexibility index (Phi) is 2.19. The highest BCUT2D eigenvalue weighted by molar-refractivity contribution is 5.34. The first-order chi connectivity index (χ1) is 6.67. The van der Waals surface area contributed by atoms with E-state index in [0.29, 0.717) is 0 Å². The Morgan fingerprint density at radius 1 is 1.57 bits per heavy atom. The summed E-state index contributed by atoms with van der Waals surface area (Å²) >= 11 is 0. The number of hydrogen-bond acceptors (Lipinski definition) is 3. The molecule has 0 aliphatic heterocycles. The summed E-state index contributed by atoms with van der Waals surface area (Å²) in [6.45, 7) is 2.21. The zero-order valence-corrected chi connectivity index (χ0v) is 8.66. The van der Waals surface area contributed by atoms with Crippen LogP contribution in [0, 0.1) is 5.41 Å². The second kappa shape index (κ2) is 3.24. The Labute approximate surface area is 84.3 Å². The van der Waals surface area contributed by atoms with Crippen molar-refractivity contribution in [3.63, 3.8) is 0 Å². The molecule has 0 saturated heterocycles. The van der Waals surface area contributed by atoms with Crippen LogP contribution in [0.3, 0.4) is 0 Å². The van der Waals surface area contributed by atoms with Crippen LogP contribution in [0.5, 0.6) is 5.75 Å². The number of rotatable bonds is 3. The standard InChI is InChI=1S/C11H16N2O/c1-11(4-5-11)10(12)8-7-13-6-3-9(8)14-2/h3,6-7,10H,4-5,12H2,1-2H3. The van der Waals surface area contributed by atoms with Gasteiger partial charge in [0.2, 0.25) is 0 Å². The molecule has 3 nitrogen and oxygen atoms in total. The zero-order valence-electron chi connectivity index (χ0n) is 8.66. The fourth-order valence-electron chi connectivity index (χ4n) is 1.70. The minimum atomic E-state index is 0.0474. The van der Waals surface area contributed by atoms with Gasteiger partial charge in [0.15, 0.2) is 0 Å². The molecular formula is C11H16N2O. The molecule has 1 aromatic heterocycles. The second-order valence-electron chi connectivity index (χ2n) is 4.25. The van der Waals surface area contributed by atoms with Crippen molar-refractivity contribution in [3.8, 4) is 5.75 Å². The molecule has 1 heterocycles. The third-order valence-corrected chi connectivity index (χ3v) is 3.15. The Hall–Kier alpha value is -1.09. The van der Waals surface area contributed by atoms with Crippen LogP contribution in [-0.4, -0.2) is 12.1 Å². The molecule has 0 aromatic carbocycles. The molecule has 1 aliphatic carbocycles. The lowest BCUT2D eigenvalue weighted by Gasteiger charge is -2.20. The van der Waals surface area contributed by atoms with Crippen molar-refractivity contribution >= 4 is 0 Å². The Balaban J connectivity index is 2.30. The highest BCUT2D eigenvalue weighted by atomic mass is 16.5. The Morgan fingerprint density at radius 2 is 2.29 bits per heavy atom. The van der Waals surface area contributed by atoms with E-state index in [1.807, 2.05) is 12.3 Å². The topological polar surface area (TPSA) is 48.1 Å². The third-order valence-electron chi connectivity index (χ3n) is 3.15. The van der Waals surface area contributed by atoms with Crippen molar-refractivity contribution in [2.24, 2.45) is 11.1 Å². The van der Waals surface area contributed by atoms with Crippen LogP contribution >= 0.6 is 0 Å². The van der Waals surface area contributed by atoms with Gasteiger partial charge in [-0.2, -0.15) is 0 Å². The number of nitrogens with zero attached hydrogens (tertiary/aromatic N) is 1. The minimum Gasteiger partial charge on any atom is -0.496 e. The lowest BCUT2D eigenvalue weighted by atomic mass is 9.93. The number of aromatic nitrogens is 1. The van der Waals surface area contributed by atoms with Gasteiger partial charge in [-0.25, -0.2) is 0 Å². The van der Waals surface area contributed by atoms with E-state index in [9.17, 15) is 0 Å². The van der Waals surface area contributed by atoms with Gasteiger partial charge in [-0.05, 0) is 24.3 Å². The molecule has 2 N–H and O–H groups in total. The maximum atomic E-state index is 6.19. The van der Waals surface area contributed by atoms with Gasteiger partial charge in [-0.15, -0.1) is 0 Å². The monoisotopic (exact) mass is 192 g/mol. The molecule has 0 bridgehead atoms. The molecule has 1 aliphatic rings. The molecule has 1 fully saturated rings. The van der Waals surface area contributed by atoms with Gasteiger partial charge >= 0.3 is 0 Å². The van der Waals surface area contributed by atoms with Crippen molar-refractivity contribution < 1.29 is 4.74 Å². The quantitative estimate of drug-likeness (QED) is 0.795. The number of pyridine rings is 1. The van der Waals surface area contributed by atoms with Gasteiger partial charge in [0.25, 0.3) is 0 Å². The number of methoxy groups -OCH3 is 1. The minimum absolute atomic E-state index is 0.0474. The average Bonchev–Trinajstić information content (AvgIpc) is 2.97. The zero-order chi connectivity index (χ0) is 10.2. The third kappa shape index (κ3) is 1.48. The number of nitrogens with two attached hydrogens (primary N) is 1. The van der Waals surface area contributed by atoms with E-state index in [-0.39, 0.29) is 11.5 Å². The van der Waals surface area contributed by atoms with E-state index in [4.69, 9.17) is 10.5 Å². The second-order valence-corrected chi connectivity index (χ2v) is 4.25. The van der Waals surface area contributed by atoms with Crippen LogP contribution in [0.15, 0.2) is 18.5 Å². The lowest BCUT2D eigenvalue weighted by molar-refractivity contribution is 0.384. The van der Waals surface area contributed by atoms with Crippen molar-refractivity contribution in [2.75, 3.05) is 7.11 Å². The lowest BCUT2D eigenvalue weighted by Crippen LogP contribution is -2.20. The SMILES string of the molecule is COc1ccncc1C(N)C1(C)CC1. The summed E-state index contributed by atoms with van der Waals surface area (Å²) in [5, 5.41) is 0. The molecule has 1 unspecified atom stereocenters. The van der Waals surface area contributed by atoms with Crippen LogP contribution < -0.4 is 10.5 Å². The van der Waals surface area contributed by atoms with E-state index in [0.717, 1.165) is 11.3 Å². The van der Waals surface area contributed by atoms with E-state index in [2.05, 4.69) is 11.9 Å². The fourth-order valence-corrected chi connectivity index (χ4v) is 1.70. The van der Waals surface area contributed by atoms with Gasteiger partial charge in [-0.1, -0.05) is 6.92 Å². The molecule has 0 radical (unpaired) electrons. The molecular weight excluding hydrogens is 176 g/mol. The molecule has 76 valence electrons. The molecule has 1 aromatic rings. The summed E-state index contributed by atoms with van der Waals surface area (Å²) in [4.78, 5) is 4.10. The van der Waals surface area contributed by atoms with Crippen LogP contribution in [0.2, 0.25) is 0 Å². The first kappa shape index (κ1) is 9.46. The summed E-state index contributed by atoms with van der Waals surface area (Å²) in [6, 6.07) is 1.91. The van der Waals surface area contributed by atoms with Crippen molar-refractivity contribution in [3.05, 3.63) is 24.0 Å². The summed E-state index contributed by atoms with van der Waals surface area (Å²) in [5.41, 5.74) is 7.47. The van der Waals surface area contributed by atoms with Gasteiger partial charge in [0, 0.05) is 24.0 Å². The highest BCUT2D eigenvalue weighted by Gasteiger charge is 2.44. The molecule has 14 heavy (non-hydrogen) atoms. The van der Waals surface area contributed by atoms with E-state index in [1.165, 1.54) is 12.8 Å². The predicted molar refractivity (Wildman–Crippen MR) is 55.1 cm³/mol. The average molecular weight is 192 g/mol. The molecule has 0 spiro atoms. The highest BCUT2D eigenvalue weighted by Crippen LogP contribution is 2.54. The van der Waals surface area contributed by atoms with Gasteiger partial charge in [-0.3, -0.25) is 4.98 Å². The van der Waals surface area contributed by atoms with E-state index in [1.54, 1.807) is 13.3 Å². The smallest absolute Gasteiger partial charge is 0.126 e. The summed E-state index contributed by atoms with van der Waals surface area (Å²) in [5.74, 6) is 0.848. The van der Waals surface area contributed by atoms with Crippen LogP contribution in [0.4, 0.5) is 0 Å². The van der Waals surface area contributed by atoms with Crippen LogP contribution in [0.25, 0.3) is 0 Å². The van der Waals surface area contributed by atoms with E-state index >= 15 is 0 Å². The maximum Gasteiger partial charge on any atom is 0.126 e. The molecule has 0 amide bonds. The maximum absolute atomic E-state index is 6.19. The van der Waals surface area contributed by atoms with Crippen LogP contribution in [0.1, 0.15) is 31.4 Å². The van der Waals surface area contributed by atoms with Gasteiger partial charge < -0.3 is 10.5 Å². The van der Waals surface area contributed by atoms with Gasteiger partial charge in [0.1, 0.15) is 5.75 Å². The predicted octanol–water partition coefficient (Wildman–Crippen LogP) is 1.89. The first-order valence-corrected chi connectivity index (χ1v) is 4.91. The number of ether oxygens (including phenoxy) is 1. The van der Waals surface area contributed by atoms with Crippen molar-refractivity contribution in [1.29, 1.82) is 0 Å². The van der Waals surface area contributed by atoms with Crippen molar-refractivity contribution in [1.82, 2.24) is 4.98 Å². The molecule has 1 atom stereocenters. The molecule has 1 saturated carbocycles. The first-order valence-electron chi connectivity index (χ1n) is 4.91. The normalized spacial score (nSPS) is 20.2. The number of hydrogen-bond donors (Lipinski definition) is 1. The van der Waals surface area contributed by atoms with Crippen LogP contribution in [-0.2, 0) is 0 Å². The fraction of sp³-hybridized carbons (Fsp3) is 0.545. The summed E-state index contributed by atoms with van der Waals surface area (Å²) in [7, 11) is 1.67. The largest absolute Gasteiger partial charge is 0.496 e. The van der Waals surface area contributed by atoms with Gasteiger partial charge in [0.05, 0.1) is 7.11 Å². The summed E-state index contributed by atoms with van der Waals surface area (Å²) in [6.07, 6.45) is 5.94. The Bertz CT molecular complexity index is 334. The summed E-state index contributed by atoms with van der Waals surface area (Å²) < 4.78 is 5.27. The Morgan fingerprint density at radius 3 is 2.86 bits per heavy atom. The molecule has 2 rings (SSSR count). The van der Waals surface area contributed by atoms with E-state index < -0.39 is 0 Å². The van der Waals surface area contributed by atoms with Crippen molar-refractivity contribution in [2.45, 2.75) is 25.8 Å². The molecule has 3 heteroatoms.